The minimum atomic E-state index is -0.799. The number of aromatic nitrogens is 1. The molecule has 104 valence electrons. The molecule has 2 aliphatic rings. The number of aliphatic carboxylic acids is 1. The van der Waals surface area contributed by atoms with E-state index < -0.39 is 12.0 Å². The molecule has 1 aliphatic carbocycles. The maximum atomic E-state index is 11.6. The first-order chi connectivity index (χ1) is 9.72. The Labute approximate surface area is 117 Å². The largest absolute Gasteiger partial charge is 0.480 e. The van der Waals surface area contributed by atoms with Gasteiger partial charge in [0.05, 0.1) is 5.69 Å². The Balaban J connectivity index is 2.03. The molecule has 0 amide bonds. The minimum Gasteiger partial charge on any atom is -0.480 e. The molecular weight excluding hydrogens is 254 g/mol. The molecule has 1 saturated carbocycles. The molecule has 20 heavy (non-hydrogen) atoms. The van der Waals surface area contributed by atoms with Crippen LogP contribution in [0, 0.1) is 17.2 Å². The van der Waals surface area contributed by atoms with Crippen LogP contribution in [0.15, 0.2) is 18.3 Å². The molecule has 0 spiro atoms. The average Bonchev–Trinajstić information content (AvgIpc) is 2.86. The Hall–Kier alpha value is -2.09. The number of pyridine rings is 1. The standard InChI is InChI=1S/C15H17N3O2/c16-9-11-13(6-3-7-17-11)18-12-5-2-1-4-10(12)8-14(18)15(19)20/h3,6-7,10,12,14H,1-2,4-5,8H2,(H,19,20). The van der Waals surface area contributed by atoms with E-state index in [1.807, 2.05) is 11.0 Å². The second-order valence-electron chi connectivity index (χ2n) is 5.59. The number of anilines is 1. The van der Waals surface area contributed by atoms with Crippen LogP contribution in [0.5, 0.6) is 0 Å². The molecule has 1 saturated heterocycles. The van der Waals surface area contributed by atoms with E-state index >= 15 is 0 Å². The number of carbonyl (C=O) groups is 1. The average molecular weight is 271 g/mol. The Morgan fingerprint density at radius 2 is 2.25 bits per heavy atom. The van der Waals surface area contributed by atoms with Crippen LogP contribution in [0.2, 0.25) is 0 Å². The van der Waals surface area contributed by atoms with Gasteiger partial charge < -0.3 is 10.0 Å². The highest BCUT2D eigenvalue weighted by atomic mass is 16.4. The van der Waals surface area contributed by atoms with Crippen molar-refractivity contribution in [2.45, 2.75) is 44.2 Å². The van der Waals surface area contributed by atoms with E-state index in [9.17, 15) is 15.2 Å². The maximum Gasteiger partial charge on any atom is 0.326 e. The summed E-state index contributed by atoms with van der Waals surface area (Å²) >= 11 is 0. The fraction of sp³-hybridized carbons (Fsp3) is 0.533. The first-order valence-corrected chi connectivity index (χ1v) is 7.08. The zero-order chi connectivity index (χ0) is 14.1. The number of hydrogen-bond donors (Lipinski definition) is 1. The Kier molecular flexibility index (Phi) is 3.31. The third-order valence-electron chi connectivity index (χ3n) is 4.54. The monoisotopic (exact) mass is 271 g/mol. The van der Waals surface area contributed by atoms with Crippen molar-refractivity contribution in [3.05, 3.63) is 24.0 Å². The molecular formula is C15H17N3O2. The molecule has 3 rings (SSSR count). The summed E-state index contributed by atoms with van der Waals surface area (Å²) < 4.78 is 0. The molecule has 5 nitrogen and oxygen atoms in total. The third kappa shape index (κ3) is 2.01. The van der Waals surface area contributed by atoms with Gasteiger partial charge in [0.25, 0.3) is 0 Å². The van der Waals surface area contributed by atoms with Gasteiger partial charge in [-0.1, -0.05) is 12.8 Å². The van der Waals surface area contributed by atoms with Gasteiger partial charge in [-0.3, -0.25) is 0 Å². The molecule has 3 atom stereocenters. The van der Waals surface area contributed by atoms with Crippen molar-refractivity contribution in [3.8, 4) is 6.07 Å². The van der Waals surface area contributed by atoms with Crippen molar-refractivity contribution in [1.82, 2.24) is 4.98 Å². The zero-order valence-corrected chi connectivity index (χ0v) is 11.2. The maximum absolute atomic E-state index is 11.6. The van der Waals surface area contributed by atoms with Crippen molar-refractivity contribution in [3.63, 3.8) is 0 Å². The molecule has 2 fully saturated rings. The topological polar surface area (TPSA) is 77.2 Å². The molecule has 1 N–H and O–H groups in total. The Morgan fingerprint density at radius 1 is 1.45 bits per heavy atom. The summed E-state index contributed by atoms with van der Waals surface area (Å²) in [5, 5.41) is 18.7. The predicted octanol–water partition coefficient (Wildman–Crippen LogP) is 2.18. The van der Waals surface area contributed by atoms with Gasteiger partial charge in [0.2, 0.25) is 0 Å². The van der Waals surface area contributed by atoms with Crippen LogP contribution in [-0.2, 0) is 4.79 Å². The van der Waals surface area contributed by atoms with Gasteiger partial charge in [-0.2, -0.15) is 5.26 Å². The fourth-order valence-electron chi connectivity index (χ4n) is 3.72. The van der Waals surface area contributed by atoms with Gasteiger partial charge in [-0.15, -0.1) is 0 Å². The van der Waals surface area contributed by atoms with Crippen molar-refractivity contribution < 1.29 is 9.90 Å². The summed E-state index contributed by atoms with van der Waals surface area (Å²) in [7, 11) is 0. The minimum absolute atomic E-state index is 0.237. The lowest BCUT2D eigenvalue weighted by molar-refractivity contribution is -0.138. The van der Waals surface area contributed by atoms with E-state index in [1.165, 1.54) is 6.42 Å². The number of carboxylic acid groups (broad SMARTS) is 1. The highest BCUT2D eigenvalue weighted by molar-refractivity contribution is 5.80. The van der Waals surface area contributed by atoms with Gasteiger partial charge in [0.15, 0.2) is 5.69 Å². The molecule has 1 aliphatic heterocycles. The first-order valence-electron chi connectivity index (χ1n) is 7.08. The number of nitriles is 1. The van der Waals surface area contributed by atoms with Gasteiger partial charge in [0.1, 0.15) is 12.1 Å². The molecule has 1 aromatic heterocycles. The smallest absolute Gasteiger partial charge is 0.326 e. The molecule has 2 heterocycles. The summed E-state index contributed by atoms with van der Waals surface area (Å²) in [4.78, 5) is 17.6. The number of hydrogen-bond acceptors (Lipinski definition) is 4. The zero-order valence-electron chi connectivity index (χ0n) is 11.2. The first kappa shape index (κ1) is 12.9. The highest BCUT2D eigenvalue weighted by Gasteiger charge is 2.46. The lowest BCUT2D eigenvalue weighted by Crippen LogP contribution is -2.43. The van der Waals surface area contributed by atoms with E-state index in [0.717, 1.165) is 19.3 Å². The van der Waals surface area contributed by atoms with Gasteiger partial charge >= 0.3 is 5.97 Å². The van der Waals surface area contributed by atoms with Crippen molar-refractivity contribution >= 4 is 11.7 Å². The van der Waals surface area contributed by atoms with Crippen molar-refractivity contribution in [1.29, 1.82) is 5.26 Å². The normalized spacial score (nSPS) is 28.8. The third-order valence-corrected chi connectivity index (χ3v) is 4.54. The second-order valence-corrected chi connectivity index (χ2v) is 5.59. The number of fused-ring (bicyclic) bond motifs is 1. The lowest BCUT2D eigenvalue weighted by Gasteiger charge is -2.34. The summed E-state index contributed by atoms with van der Waals surface area (Å²) in [5.41, 5.74) is 1.00. The highest BCUT2D eigenvalue weighted by Crippen LogP contribution is 2.42. The van der Waals surface area contributed by atoms with Gasteiger partial charge in [-0.25, -0.2) is 9.78 Å². The van der Waals surface area contributed by atoms with E-state index in [-0.39, 0.29) is 6.04 Å². The SMILES string of the molecule is N#Cc1ncccc1N1C(C(=O)O)CC2CCCCC21. The Bertz CT molecular complexity index is 566. The quantitative estimate of drug-likeness (QED) is 0.892. The Morgan fingerprint density at radius 3 is 3.00 bits per heavy atom. The number of carboxylic acids is 1. The van der Waals surface area contributed by atoms with E-state index in [2.05, 4.69) is 11.1 Å². The van der Waals surface area contributed by atoms with Crippen LogP contribution in [0.3, 0.4) is 0 Å². The van der Waals surface area contributed by atoms with Crippen LogP contribution in [0.25, 0.3) is 0 Å². The predicted molar refractivity (Wildman–Crippen MR) is 73.2 cm³/mol. The van der Waals surface area contributed by atoms with Crippen molar-refractivity contribution in [2.24, 2.45) is 5.92 Å². The van der Waals surface area contributed by atoms with Crippen LogP contribution in [0.4, 0.5) is 5.69 Å². The van der Waals surface area contributed by atoms with E-state index in [0.29, 0.717) is 23.7 Å². The molecule has 0 radical (unpaired) electrons. The molecule has 0 bridgehead atoms. The number of rotatable bonds is 2. The summed E-state index contributed by atoms with van der Waals surface area (Å²) in [6, 6.07) is 5.38. The van der Waals surface area contributed by atoms with Crippen LogP contribution < -0.4 is 4.90 Å². The van der Waals surface area contributed by atoms with E-state index in [4.69, 9.17) is 0 Å². The summed E-state index contributed by atoms with van der Waals surface area (Å²) in [5.74, 6) is -0.372. The van der Waals surface area contributed by atoms with Crippen molar-refractivity contribution in [2.75, 3.05) is 4.90 Å². The molecule has 1 aromatic rings. The summed E-state index contributed by atoms with van der Waals surface area (Å²) in [6.45, 7) is 0. The van der Waals surface area contributed by atoms with Gasteiger partial charge in [-0.05, 0) is 37.3 Å². The van der Waals surface area contributed by atoms with Gasteiger partial charge in [0, 0.05) is 12.2 Å². The van der Waals surface area contributed by atoms with Crippen LogP contribution >= 0.6 is 0 Å². The van der Waals surface area contributed by atoms with E-state index in [1.54, 1.807) is 12.3 Å². The van der Waals surface area contributed by atoms with Crippen LogP contribution in [0.1, 0.15) is 37.8 Å². The lowest BCUT2D eigenvalue weighted by atomic mass is 9.84. The van der Waals surface area contributed by atoms with Crippen LogP contribution in [-0.4, -0.2) is 28.1 Å². The summed E-state index contributed by atoms with van der Waals surface area (Å²) in [6.07, 6.45) is 6.67. The molecule has 5 heteroatoms. The number of nitrogens with zero attached hydrogens (tertiary/aromatic N) is 3. The molecule has 3 unspecified atom stereocenters. The second kappa shape index (κ2) is 5.12. The molecule has 0 aromatic carbocycles. The fourth-order valence-corrected chi connectivity index (χ4v) is 3.72.